The second-order valence-electron chi connectivity index (χ2n) is 8.13. The van der Waals surface area contributed by atoms with Gasteiger partial charge in [-0.15, -0.1) is 0 Å². The number of anilines is 2. The highest BCUT2D eigenvalue weighted by Crippen LogP contribution is 2.44. The summed E-state index contributed by atoms with van der Waals surface area (Å²) in [5.41, 5.74) is 4.03. The van der Waals surface area contributed by atoms with Crippen LogP contribution in [0.3, 0.4) is 0 Å². The SMILES string of the molecule is [C-]#[N+]C(C#N)=C1C=C(C=Cc2ccc(N(C)c3ccccc3)cc2)OC2(CCCC2)C1. The van der Waals surface area contributed by atoms with E-state index in [0.717, 1.165) is 54.0 Å². The zero-order chi connectivity index (χ0) is 21.7. The first kappa shape index (κ1) is 20.5. The predicted octanol–water partition coefficient (Wildman–Crippen LogP) is 6.78. The zero-order valence-corrected chi connectivity index (χ0v) is 17.7. The number of allylic oxidation sites excluding steroid dienone is 3. The maximum Gasteiger partial charge on any atom is 0.265 e. The smallest absolute Gasteiger partial charge is 0.265 e. The summed E-state index contributed by atoms with van der Waals surface area (Å²) in [7, 11) is 2.06. The Bertz CT molecular complexity index is 1090. The van der Waals surface area contributed by atoms with E-state index in [-0.39, 0.29) is 11.3 Å². The summed E-state index contributed by atoms with van der Waals surface area (Å²) in [6.45, 7) is 7.33. The van der Waals surface area contributed by atoms with Gasteiger partial charge in [-0.05, 0) is 73.2 Å². The summed E-state index contributed by atoms with van der Waals surface area (Å²) < 4.78 is 6.37. The maximum absolute atomic E-state index is 9.34. The third kappa shape index (κ3) is 4.55. The Morgan fingerprint density at radius 1 is 1.06 bits per heavy atom. The van der Waals surface area contributed by atoms with Crippen LogP contribution in [-0.4, -0.2) is 12.6 Å². The highest BCUT2D eigenvalue weighted by atomic mass is 16.5. The summed E-state index contributed by atoms with van der Waals surface area (Å²) in [6.07, 6.45) is 10.7. The first-order valence-corrected chi connectivity index (χ1v) is 10.6. The molecule has 0 bridgehead atoms. The second-order valence-corrected chi connectivity index (χ2v) is 8.13. The van der Waals surface area contributed by atoms with Gasteiger partial charge >= 0.3 is 0 Å². The molecule has 1 fully saturated rings. The van der Waals surface area contributed by atoms with E-state index in [1.54, 1.807) is 0 Å². The molecule has 4 rings (SSSR count). The maximum atomic E-state index is 9.34. The second kappa shape index (κ2) is 8.94. The van der Waals surface area contributed by atoms with Crippen LogP contribution in [0.1, 0.15) is 37.7 Å². The number of benzene rings is 2. The molecule has 0 saturated heterocycles. The normalized spacial score (nSPS) is 18.7. The highest BCUT2D eigenvalue weighted by Gasteiger charge is 2.39. The summed E-state index contributed by atoms with van der Waals surface area (Å²) >= 11 is 0. The van der Waals surface area contributed by atoms with Crippen LogP contribution in [0.25, 0.3) is 10.9 Å². The molecule has 154 valence electrons. The summed E-state index contributed by atoms with van der Waals surface area (Å²) in [4.78, 5) is 5.58. The lowest BCUT2D eigenvalue weighted by molar-refractivity contribution is 0.00776. The van der Waals surface area contributed by atoms with Gasteiger partial charge < -0.3 is 9.64 Å². The van der Waals surface area contributed by atoms with Crippen LogP contribution in [0.15, 0.2) is 83.8 Å². The largest absolute Gasteiger partial charge is 0.487 e. The molecule has 1 spiro atoms. The third-order valence-electron chi connectivity index (χ3n) is 6.06. The molecule has 1 saturated carbocycles. The van der Waals surface area contributed by atoms with Crippen LogP contribution >= 0.6 is 0 Å². The minimum Gasteiger partial charge on any atom is -0.487 e. The number of nitriles is 1. The van der Waals surface area contributed by atoms with Crippen LogP contribution in [0.5, 0.6) is 0 Å². The molecular formula is C27H25N3O. The molecule has 2 aromatic carbocycles. The summed E-state index contributed by atoms with van der Waals surface area (Å²) in [6, 6.07) is 20.7. The fraction of sp³-hybridized carbons (Fsp3) is 0.259. The van der Waals surface area contributed by atoms with Gasteiger partial charge in [0.1, 0.15) is 11.4 Å². The molecule has 2 aromatic rings. The third-order valence-corrected chi connectivity index (χ3v) is 6.06. The topological polar surface area (TPSA) is 40.6 Å². The Balaban J connectivity index is 1.55. The predicted molar refractivity (Wildman–Crippen MR) is 124 cm³/mol. The molecule has 0 aromatic heterocycles. The van der Waals surface area contributed by atoms with E-state index in [2.05, 4.69) is 53.2 Å². The number of nitrogens with zero attached hydrogens (tertiary/aromatic N) is 3. The summed E-state index contributed by atoms with van der Waals surface area (Å²) in [5, 5.41) is 9.34. The molecule has 0 amide bonds. The van der Waals surface area contributed by atoms with Crippen molar-refractivity contribution in [3.63, 3.8) is 0 Å². The van der Waals surface area contributed by atoms with Gasteiger partial charge in [0.25, 0.3) is 5.70 Å². The molecule has 0 N–H and O–H groups in total. The van der Waals surface area contributed by atoms with Crippen molar-refractivity contribution >= 4 is 17.5 Å². The Morgan fingerprint density at radius 2 is 1.74 bits per heavy atom. The fourth-order valence-corrected chi connectivity index (χ4v) is 4.37. The van der Waals surface area contributed by atoms with Crippen molar-refractivity contribution in [1.82, 2.24) is 0 Å². The number of rotatable bonds is 4. The van der Waals surface area contributed by atoms with E-state index in [0.29, 0.717) is 6.42 Å². The van der Waals surface area contributed by atoms with Gasteiger partial charge in [0.05, 0.1) is 12.6 Å². The van der Waals surface area contributed by atoms with Crippen LogP contribution in [0.2, 0.25) is 0 Å². The first-order valence-electron chi connectivity index (χ1n) is 10.6. The molecule has 0 atom stereocenters. The van der Waals surface area contributed by atoms with Crippen molar-refractivity contribution in [1.29, 1.82) is 5.26 Å². The van der Waals surface area contributed by atoms with Crippen LogP contribution < -0.4 is 4.90 Å². The van der Waals surface area contributed by atoms with Gasteiger partial charge in [0.2, 0.25) is 0 Å². The monoisotopic (exact) mass is 407 g/mol. The molecule has 0 radical (unpaired) electrons. The fourth-order valence-electron chi connectivity index (χ4n) is 4.37. The van der Waals surface area contributed by atoms with E-state index >= 15 is 0 Å². The summed E-state index contributed by atoms with van der Waals surface area (Å²) in [5.74, 6) is 0.727. The first-order chi connectivity index (χ1) is 15.1. The standard InChI is InChI=1S/C27H25N3O/c1-29-26(20-28)22-18-25(31-27(19-22)16-6-7-17-27)15-12-21-10-13-24(14-11-21)30(2)23-8-4-3-5-9-23/h3-5,8-15,18H,6-7,16-17,19H2,2H3. The average molecular weight is 408 g/mol. The molecule has 1 aliphatic carbocycles. The van der Waals surface area contributed by atoms with Crippen LogP contribution in [0, 0.1) is 17.9 Å². The minimum absolute atomic E-state index is 0.175. The molecular weight excluding hydrogens is 382 g/mol. The van der Waals surface area contributed by atoms with Crippen LogP contribution in [0.4, 0.5) is 11.4 Å². The van der Waals surface area contributed by atoms with Crippen LogP contribution in [-0.2, 0) is 4.74 Å². The highest BCUT2D eigenvalue weighted by molar-refractivity contribution is 5.65. The van der Waals surface area contributed by atoms with Crippen molar-refractivity contribution < 1.29 is 4.74 Å². The van der Waals surface area contributed by atoms with Gasteiger partial charge in [-0.3, -0.25) is 0 Å². The molecule has 1 aliphatic heterocycles. The lowest BCUT2D eigenvalue weighted by Crippen LogP contribution is -2.31. The molecule has 4 heteroatoms. The van der Waals surface area contributed by atoms with Gasteiger partial charge in [-0.25, -0.2) is 10.1 Å². The van der Waals surface area contributed by atoms with E-state index in [1.165, 1.54) is 0 Å². The lowest BCUT2D eigenvalue weighted by atomic mass is 9.88. The van der Waals surface area contributed by atoms with Crippen molar-refractivity contribution in [2.45, 2.75) is 37.7 Å². The van der Waals surface area contributed by atoms with E-state index in [9.17, 15) is 5.26 Å². The average Bonchev–Trinajstić information content (AvgIpc) is 3.26. The minimum atomic E-state index is -0.265. The zero-order valence-electron chi connectivity index (χ0n) is 17.7. The Morgan fingerprint density at radius 3 is 2.39 bits per heavy atom. The van der Waals surface area contributed by atoms with E-state index in [4.69, 9.17) is 11.3 Å². The quantitative estimate of drug-likeness (QED) is 0.414. The number of ether oxygens (including phenoxy) is 1. The molecule has 31 heavy (non-hydrogen) atoms. The lowest BCUT2D eigenvalue weighted by Gasteiger charge is -2.35. The van der Waals surface area contributed by atoms with Crippen molar-refractivity contribution in [3.05, 3.63) is 101 Å². The Kier molecular flexibility index (Phi) is 5.92. The van der Waals surface area contributed by atoms with Gasteiger partial charge in [0.15, 0.2) is 0 Å². The number of hydrogen-bond acceptors (Lipinski definition) is 3. The van der Waals surface area contributed by atoms with Gasteiger partial charge in [0, 0.05) is 24.8 Å². The van der Waals surface area contributed by atoms with E-state index in [1.807, 2.05) is 42.5 Å². The van der Waals surface area contributed by atoms with Crippen molar-refractivity contribution in [2.24, 2.45) is 0 Å². The Labute approximate surface area is 184 Å². The number of para-hydroxylation sites is 1. The van der Waals surface area contributed by atoms with E-state index < -0.39 is 0 Å². The molecule has 0 unspecified atom stereocenters. The molecule has 1 heterocycles. The van der Waals surface area contributed by atoms with Gasteiger partial charge in [-0.1, -0.05) is 36.4 Å². The van der Waals surface area contributed by atoms with Gasteiger partial charge in [-0.2, -0.15) is 0 Å². The molecule has 2 aliphatic rings. The number of hydrogen-bond donors (Lipinski definition) is 0. The van der Waals surface area contributed by atoms with Crippen molar-refractivity contribution in [2.75, 3.05) is 11.9 Å². The Hall–Kier alpha value is -3.76. The molecule has 4 nitrogen and oxygen atoms in total. The van der Waals surface area contributed by atoms with Crippen molar-refractivity contribution in [3.8, 4) is 6.07 Å².